The first-order valence-corrected chi connectivity index (χ1v) is 7.13. The molecule has 6 nitrogen and oxygen atoms in total. The van der Waals surface area contributed by atoms with Gasteiger partial charge < -0.3 is 9.64 Å². The molecule has 1 aromatic rings. The molecule has 0 aliphatic carbocycles. The van der Waals surface area contributed by atoms with Crippen molar-refractivity contribution in [3.8, 4) is 0 Å². The molecule has 0 unspecified atom stereocenters. The fourth-order valence-electron chi connectivity index (χ4n) is 2.21. The maximum absolute atomic E-state index is 12.6. The largest absolute Gasteiger partial charge is 0.468 e. The molecule has 0 spiro atoms. The third kappa shape index (κ3) is 4.06. The Morgan fingerprint density at radius 3 is 2.43 bits per heavy atom. The van der Waals surface area contributed by atoms with Gasteiger partial charge in [-0.25, -0.2) is 0 Å². The molecule has 0 aliphatic rings. The molecule has 1 aromatic heterocycles. The van der Waals surface area contributed by atoms with Crippen LogP contribution in [-0.4, -0.2) is 46.8 Å². The molecule has 0 atom stereocenters. The molecule has 0 saturated carbocycles. The Morgan fingerprint density at radius 1 is 1.38 bits per heavy atom. The Hall–Kier alpha value is -1.85. The van der Waals surface area contributed by atoms with E-state index in [0.717, 1.165) is 12.1 Å². The number of rotatable bonds is 5. The van der Waals surface area contributed by atoms with Gasteiger partial charge in [-0.2, -0.15) is 5.10 Å². The SMILES string of the molecule is CCCN(CC(=O)OC)C(=O)c1cnn(C(C)(C)C)c1C. The highest BCUT2D eigenvalue weighted by molar-refractivity contribution is 5.96. The summed E-state index contributed by atoms with van der Waals surface area (Å²) in [4.78, 5) is 25.6. The topological polar surface area (TPSA) is 64.4 Å². The van der Waals surface area contributed by atoms with Crippen molar-refractivity contribution in [1.29, 1.82) is 0 Å². The molecule has 0 saturated heterocycles. The minimum atomic E-state index is -0.419. The molecular formula is C15H25N3O3. The second-order valence-electron chi connectivity index (χ2n) is 6.03. The molecular weight excluding hydrogens is 270 g/mol. The van der Waals surface area contributed by atoms with Gasteiger partial charge in [-0.15, -0.1) is 0 Å². The van der Waals surface area contributed by atoms with Gasteiger partial charge in [0.2, 0.25) is 0 Å². The molecule has 1 rings (SSSR count). The minimum absolute atomic E-state index is 0.0384. The molecule has 0 aliphatic heterocycles. The normalized spacial score (nSPS) is 11.3. The summed E-state index contributed by atoms with van der Waals surface area (Å²) in [6.45, 7) is 10.4. The van der Waals surface area contributed by atoms with Crippen LogP contribution in [0.15, 0.2) is 6.20 Å². The number of hydrogen-bond donors (Lipinski definition) is 0. The minimum Gasteiger partial charge on any atom is -0.468 e. The molecule has 0 bridgehead atoms. The molecule has 0 fully saturated rings. The van der Waals surface area contributed by atoms with Gasteiger partial charge >= 0.3 is 5.97 Å². The number of esters is 1. The van der Waals surface area contributed by atoms with E-state index in [1.165, 1.54) is 12.0 Å². The summed E-state index contributed by atoms with van der Waals surface area (Å²) in [5, 5.41) is 4.30. The van der Waals surface area contributed by atoms with Crippen LogP contribution < -0.4 is 0 Å². The average Bonchev–Trinajstić information content (AvgIpc) is 2.79. The molecule has 118 valence electrons. The molecule has 0 radical (unpaired) electrons. The molecule has 6 heteroatoms. The van der Waals surface area contributed by atoms with E-state index < -0.39 is 5.97 Å². The summed E-state index contributed by atoms with van der Waals surface area (Å²) < 4.78 is 6.47. The van der Waals surface area contributed by atoms with Crippen molar-refractivity contribution in [3.05, 3.63) is 17.5 Å². The zero-order chi connectivity index (χ0) is 16.2. The predicted molar refractivity (Wildman–Crippen MR) is 80.2 cm³/mol. The molecule has 0 N–H and O–H groups in total. The summed E-state index contributed by atoms with van der Waals surface area (Å²) in [7, 11) is 1.32. The van der Waals surface area contributed by atoms with Crippen molar-refractivity contribution < 1.29 is 14.3 Å². The lowest BCUT2D eigenvalue weighted by atomic mass is 10.1. The number of amides is 1. The summed E-state index contributed by atoms with van der Waals surface area (Å²) in [6, 6.07) is 0. The van der Waals surface area contributed by atoms with Gasteiger partial charge in [0.05, 0.1) is 24.4 Å². The second-order valence-corrected chi connectivity index (χ2v) is 6.03. The Morgan fingerprint density at radius 2 is 2.00 bits per heavy atom. The summed E-state index contributed by atoms with van der Waals surface area (Å²) in [6.07, 6.45) is 2.35. The first-order valence-electron chi connectivity index (χ1n) is 7.13. The number of carbonyl (C=O) groups is 2. The maximum atomic E-state index is 12.6. The van der Waals surface area contributed by atoms with Crippen LogP contribution in [0.4, 0.5) is 0 Å². The average molecular weight is 295 g/mol. The Bertz CT molecular complexity index is 515. The van der Waals surface area contributed by atoms with Gasteiger partial charge in [0.1, 0.15) is 6.54 Å². The van der Waals surface area contributed by atoms with Crippen molar-refractivity contribution in [2.75, 3.05) is 20.2 Å². The lowest BCUT2D eigenvalue weighted by molar-refractivity contribution is -0.141. The first kappa shape index (κ1) is 17.2. The number of aromatic nitrogens is 2. The van der Waals surface area contributed by atoms with Gasteiger partial charge in [0, 0.05) is 12.2 Å². The van der Waals surface area contributed by atoms with E-state index in [4.69, 9.17) is 0 Å². The third-order valence-electron chi connectivity index (χ3n) is 3.20. The number of ether oxygens (including phenoxy) is 1. The van der Waals surface area contributed by atoms with Gasteiger partial charge in [-0.1, -0.05) is 6.92 Å². The second kappa shape index (κ2) is 6.74. The zero-order valence-corrected chi connectivity index (χ0v) is 13.8. The summed E-state index contributed by atoms with van der Waals surface area (Å²) in [5.74, 6) is -0.604. The van der Waals surface area contributed by atoms with Gasteiger partial charge in [-0.05, 0) is 34.1 Å². The Kier molecular flexibility index (Phi) is 5.52. The van der Waals surface area contributed by atoms with Crippen LogP contribution in [0.3, 0.4) is 0 Å². The van der Waals surface area contributed by atoms with E-state index in [1.807, 2.05) is 39.3 Å². The number of nitrogens with zero attached hydrogens (tertiary/aromatic N) is 3. The van der Waals surface area contributed by atoms with Crippen molar-refractivity contribution in [3.63, 3.8) is 0 Å². The predicted octanol–water partition coefficient (Wildman–Crippen LogP) is 1.97. The quantitative estimate of drug-likeness (QED) is 0.779. The lowest BCUT2D eigenvalue weighted by Crippen LogP contribution is -2.37. The van der Waals surface area contributed by atoms with Crippen molar-refractivity contribution in [2.45, 2.75) is 46.6 Å². The lowest BCUT2D eigenvalue weighted by Gasteiger charge is -2.23. The molecule has 1 amide bonds. The van der Waals surface area contributed by atoms with Crippen LogP contribution in [0, 0.1) is 6.92 Å². The smallest absolute Gasteiger partial charge is 0.325 e. The van der Waals surface area contributed by atoms with Crippen LogP contribution in [0.5, 0.6) is 0 Å². The van der Waals surface area contributed by atoms with E-state index in [-0.39, 0.29) is 18.0 Å². The van der Waals surface area contributed by atoms with E-state index in [0.29, 0.717) is 12.1 Å². The van der Waals surface area contributed by atoms with Crippen LogP contribution in [-0.2, 0) is 15.1 Å². The fourth-order valence-corrected chi connectivity index (χ4v) is 2.21. The molecule has 0 aromatic carbocycles. The highest BCUT2D eigenvalue weighted by Gasteiger charge is 2.25. The highest BCUT2D eigenvalue weighted by atomic mass is 16.5. The molecule has 1 heterocycles. The van der Waals surface area contributed by atoms with E-state index in [9.17, 15) is 9.59 Å². The number of hydrogen-bond acceptors (Lipinski definition) is 4. The first-order chi connectivity index (χ1) is 9.72. The van der Waals surface area contributed by atoms with E-state index in [2.05, 4.69) is 9.84 Å². The molecule has 21 heavy (non-hydrogen) atoms. The fraction of sp³-hybridized carbons (Fsp3) is 0.667. The Labute approximate surface area is 126 Å². The third-order valence-corrected chi connectivity index (χ3v) is 3.20. The van der Waals surface area contributed by atoms with Gasteiger partial charge in [0.15, 0.2) is 0 Å². The van der Waals surface area contributed by atoms with Crippen LogP contribution in [0.25, 0.3) is 0 Å². The number of methoxy groups -OCH3 is 1. The standard InChI is InChI=1S/C15H25N3O3/c1-7-8-17(10-13(19)21-6)14(20)12-9-16-18(11(12)2)15(3,4)5/h9H,7-8,10H2,1-6H3. The monoisotopic (exact) mass is 295 g/mol. The van der Waals surface area contributed by atoms with Gasteiger partial charge in [0.25, 0.3) is 5.91 Å². The van der Waals surface area contributed by atoms with Crippen molar-refractivity contribution >= 4 is 11.9 Å². The van der Waals surface area contributed by atoms with Crippen molar-refractivity contribution in [1.82, 2.24) is 14.7 Å². The number of carbonyl (C=O) groups excluding carboxylic acids is 2. The van der Waals surface area contributed by atoms with Gasteiger partial charge in [-0.3, -0.25) is 14.3 Å². The Balaban J connectivity index is 3.04. The summed E-state index contributed by atoms with van der Waals surface area (Å²) >= 11 is 0. The van der Waals surface area contributed by atoms with Crippen LogP contribution in [0.2, 0.25) is 0 Å². The van der Waals surface area contributed by atoms with Crippen LogP contribution in [0.1, 0.15) is 50.2 Å². The van der Waals surface area contributed by atoms with E-state index in [1.54, 1.807) is 6.20 Å². The van der Waals surface area contributed by atoms with Crippen molar-refractivity contribution in [2.24, 2.45) is 0 Å². The summed E-state index contributed by atoms with van der Waals surface area (Å²) in [5.41, 5.74) is 1.14. The van der Waals surface area contributed by atoms with E-state index >= 15 is 0 Å². The zero-order valence-electron chi connectivity index (χ0n) is 13.8. The maximum Gasteiger partial charge on any atom is 0.325 e. The van der Waals surface area contributed by atoms with Crippen LogP contribution >= 0.6 is 0 Å². The highest BCUT2D eigenvalue weighted by Crippen LogP contribution is 2.19.